The second-order valence-electron chi connectivity index (χ2n) is 2.88. The summed E-state index contributed by atoms with van der Waals surface area (Å²) in [4.78, 5) is 6.56. The zero-order valence-electron chi connectivity index (χ0n) is 7.18. The first kappa shape index (κ1) is 8.02. The SMILES string of the molecule is Nc1c(-c2cccs2)nc2sccn12. The summed E-state index contributed by atoms with van der Waals surface area (Å²) in [6.45, 7) is 0. The van der Waals surface area contributed by atoms with Crippen LogP contribution in [0.15, 0.2) is 29.1 Å². The number of imidazole rings is 1. The number of thiophene rings is 1. The predicted octanol–water partition coefficient (Wildman–Crippen LogP) is 2.71. The van der Waals surface area contributed by atoms with Crippen LogP contribution in [0.25, 0.3) is 15.5 Å². The number of hydrogen-bond donors (Lipinski definition) is 1. The molecule has 0 spiro atoms. The third-order valence-electron chi connectivity index (χ3n) is 2.05. The fraction of sp³-hybridized carbons (Fsp3) is 0. The number of fused-ring (bicyclic) bond motifs is 1. The van der Waals surface area contributed by atoms with Crippen molar-refractivity contribution in [2.75, 3.05) is 5.73 Å². The number of nitrogen functional groups attached to an aromatic ring is 1. The zero-order chi connectivity index (χ0) is 9.54. The van der Waals surface area contributed by atoms with E-state index >= 15 is 0 Å². The lowest BCUT2D eigenvalue weighted by molar-refractivity contribution is 1.24. The highest BCUT2D eigenvalue weighted by Crippen LogP contribution is 2.31. The second kappa shape index (κ2) is 2.83. The van der Waals surface area contributed by atoms with Gasteiger partial charge in [0.25, 0.3) is 0 Å². The summed E-state index contributed by atoms with van der Waals surface area (Å²) in [5.41, 5.74) is 6.88. The Labute approximate surface area is 88.4 Å². The smallest absolute Gasteiger partial charge is 0.195 e. The van der Waals surface area contributed by atoms with Crippen LogP contribution in [-0.4, -0.2) is 9.38 Å². The zero-order valence-corrected chi connectivity index (χ0v) is 8.81. The summed E-state index contributed by atoms with van der Waals surface area (Å²) in [7, 11) is 0. The van der Waals surface area contributed by atoms with Crippen molar-refractivity contribution in [1.82, 2.24) is 9.38 Å². The molecule has 0 aliphatic heterocycles. The van der Waals surface area contributed by atoms with E-state index in [0.29, 0.717) is 0 Å². The molecule has 3 nitrogen and oxygen atoms in total. The molecule has 0 aliphatic carbocycles. The molecule has 0 radical (unpaired) electrons. The van der Waals surface area contributed by atoms with E-state index in [1.54, 1.807) is 22.7 Å². The first-order chi connectivity index (χ1) is 6.86. The molecule has 0 bridgehead atoms. The molecule has 0 atom stereocenters. The lowest BCUT2D eigenvalue weighted by atomic mass is 10.3. The Balaban J connectivity index is 2.32. The van der Waals surface area contributed by atoms with Gasteiger partial charge in [-0.3, -0.25) is 4.40 Å². The number of hydrogen-bond acceptors (Lipinski definition) is 4. The van der Waals surface area contributed by atoms with E-state index in [9.17, 15) is 0 Å². The highest BCUT2D eigenvalue weighted by molar-refractivity contribution is 7.15. The van der Waals surface area contributed by atoms with Crippen LogP contribution < -0.4 is 5.73 Å². The lowest BCUT2D eigenvalue weighted by Gasteiger charge is -1.92. The fourth-order valence-corrected chi connectivity index (χ4v) is 2.84. The molecule has 3 heterocycles. The van der Waals surface area contributed by atoms with Gasteiger partial charge in [0.2, 0.25) is 0 Å². The quantitative estimate of drug-likeness (QED) is 0.686. The average Bonchev–Trinajstić information content (AvgIpc) is 2.84. The number of rotatable bonds is 1. The molecule has 0 saturated carbocycles. The number of thiazole rings is 1. The molecule has 0 amide bonds. The van der Waals surface area contributed by atoms with Crippen LogP contribution in [-0.2, 0) is 0 Å². The molecular weight excluding hydrogens is 214 g/mol. The number of anilines is 1. The van der Waals surface area contributed by atoms with E-state index in [0.717, 1.165) is 21.3 Å². The van der Waals surface area contributed by atoms with Gasteiger partial charge in [-0.25, -0.2) is 4.98 Å². The van der Waals surface area contributed by atoms with Gasteiger partial charge in [-0.15, -0.1) is 22.7 Å². The number of nitrogens with zero attached hydrogens (tertiary/aromatic N) is 2. The van der Waals surface area contributed by atoms with E-state index in [2.05, 4.69) is 4.98 Å². The van der Waals surface area contributed by atoms with Crippen molar-refractivity contribution in [2.24, 2.45) is 0 Å². The van der Waals surface area contributed by atoms with Gasteiger partial charge in [-0.2, -0.15) is 0 Å². The van der Waals surface area contributed by atoms with Gasteiger partial charge < -0.3 is 5.73 Å². The summed E-state index contributed by atoms with van der Waals surface area (Å²) in [6.07, 6.45) is 1.94. The van der Waals surface area contributed by atoms with E-state index in [4.69, 9.17) is 5.73 Å². The van der Waals surface area contributed by atoms with Crippen LogP contribution in [0.3, 0.4) is 0 Å². The normalized spacial score (nSPS) is 11.1. The maximum absolute atomic E-state index is 5.99. The Kier molecular flexibility index (Phi) is 1.62. The molecule has 3 rings (SSSR count). The van der Waals surface area contributed by atoms with Gasteiger partial charge >= 0.3 is 0 Å². The minimum Gasteiger partial charge on any atom is -0.383 e. The molecular formula is C9H7N3S2. The largest absolute Gasteiger partial charge is 0.383 e. The van der Waals surface area contributed by atoms with Crippen LogP contribution in [0, 0.1) is 0 Å². The van der Waals surface area contributed by atoms with Gasteiger partial charge in [0.1, 0.15) is 11.5 Å². The van der Waals surface area contributed by atoms with Gasteiger partial charge in [-0.1, -0.05) is 6.07 Å². The number of aromatic nitrogens is 2. The molecule has 70 valence electrons. The molecule has 0 fully saturated rings. The van der Waals surface area contributed by atoms with Crippen molar-refractivity contribution >= 4 is 33.5 Å². The van der Waals surface area contributed by atoms with Gasteiger partial charge in [0.05, 0.1) is 4.88 Å². The minimum atomic E-state index is 0.726. The van der Waals surface area contributed by atoms with Crippen LogP contribution in [0.5, 0.6) is 0 Å². The molecule has 0 aromatic carbocycles. The van der Waals surface area contributed by atoms with Crippen LogP contribution in [0.4, 0.5) is 5.82 Å². The second-order valence-corrected chi connectivity index (χ2v) is 4.70. The third kappa shape index (κ3) is 0.995. The summed E-state index contributed by atoms with van der Waals surface area (Å²) < 4.78 is 1.92. The summed E-state index contributed by atoms with van der Waals surface area (Å²) in [5, 5.41) is 4.01. The molecule has 3 aromatic heterocycles. The highest BCUT2D eigenvalue weighted by Gasteiger charge is 2.11. The van der Waals surface area contributed by atoms with Crippen molar-refractivity contribution < 1.29 is 0 Å². The van der Waals surface area contributed by atoms with E-state index < -0.39 is 0 Å². The molecule has 0 aliphatic rings. The lowest BCUT2D eigenvalue weighted by Crippen LogP contribution is -1.90. The minimum absolute atomic E-state index is 0.726. The molecule has 3 aromatic rings. The van der Waals surface area contributed by atoms with Crippen molar-refractivity contribution in [3.8, 4) is 10.6 Å². The summed E-state index contributed by atoms with van der Waals surface area (Å²) in [6, 6.07) is 4.04. The molecule has 5 heteroatoms. The maximum Gasteiger partial charge on any atom is 0.195 e. The summed E-state index contributed by atoms with van der Waals surface area (Å²) in [5.74, 6) is 0.726. The Morgan fingerprint density at radius 2 is 2.21 bits per heavy atom. The molecule has 0 saturated heterocycles. The van der Waals surface area contributed by atoms with Gasteiger partial charge in [0.15, 0.2) is 4.96 Å². The van der Waals surface area contributed by atoms with Crippen molar-refractivity contribution in [3.63, 3.8) is 0 Å². The Morgan fingerprint density at radius 3 is 2.93 bits per heavy atom. The predicted molar refractivity (Wildman–Crippen MR) is 60.8 cm³/mol. The monoisotopic (exact) mass is 221 g/mol. The first-order valence-electron chi connectivity index (χ1n) is 4.11. The molecule has 0 unspecified atom stereocenters. The van der Waals surface area contributed by atoms with Crippen molar-refractivity contribution in [3.05, 3.63) is 29.1 Å². The van der Waals surface area contributed by atoms with Crippen LogP contribution >= 0.6 is 22.7 Å². The fourth-order valence-electron chi connectivity index (χ4n) is 1.40. The highest BCUT2D eigenvalue weighted by atomic mass is 32.1. The van der Waals surface area contributed by atoms with Gasteiger partial charge in [0, 0.05) is 11.6 Å². The number of nitrogens with two attached hydrogens (primary N) is 1. The Hall–Kier alpha value is -1.33. The van der Waals surface area contributed by atoms with Gasteiger partial charge in [-0.05, 0) is 11.4 Å². The van der Waals surface area contributed by atoms with Crippen molar-refractivity contribution in [1.29, 1.82) is 0 Å². The van der Waals surface area contributed by atoms with E-state index in [-0.39, 0.29) is 0 Å². The average molecular weight is 221 g/mol. The standard InChI is InChI=1S/C9H7N3S2/c10-8-7(6-2-1-4-13-6)11-9-12(8)3-5-14-9/h1-5H,10H2. The van der Waals surface area contributed by atoms with Crippen LogP contribution in [0.2, 0.25) is 0 Å². The molecule has 2 N–H and O–H groups in total. The molecule has 14 heavy (non-hydrogen) atoms. The van der Waals surface area contributed by atoms with E-state index in [1.807, 2.05) is 33.5 Å². The van der Waals surface area contributed by atoms with E-state index in [1.165, 1.54) is 0 Å². The first-order valence-corrected chi connectivity index (χ1v) is 5.87. The van der Waals surface area contributed by atoms with Crippen LogP contribution in [0.1, 0.15) is 0 Å². The van der Waals surface area contributed by atoms with Crippen molar-refractivity contribution in [2.45, 2.75) is 0 Å². The Morgan fingerprint density at radius 1 is 1.29 bits per heavy atom. The Bertz CT molecular complexity index is 562. The topological polar surface area (TPSA) is 43.3 Å². The summed E-state index contributed by atoms with van der Waals surface area (Å²) >= 11 is 3.25. The third-order valence-corrected chi connectivity index (χ3v) is 3.69. The maximum atomic E-state index is 5.99.